The number of carbonyl (C=O) groups is 1. The van der Waals surface area contributed by atoms with Crippen LogP contribution in [-0.2, 0) is 7.05 Å². The molecule has 0 saturated carbocycles. The number of urea groups is 1. The van der Waals surface area contributed by atoms with E-state index in [2.05, 4.69) is 15.7 Å². The second kappa shape index (κ2) is 5.09. The fourth-order valence-corrected chi connectivity index (χ4v) is 1.76. The van der Waals surface area contributed by atoms with Crippen molar-refractivity contribution in [1.29, 1.82) is 0 Å². The zero-order chi connectivity index (χ0) is 14.0. The molecule has 1 aromatic heterocycles. The molecule has 0 aliphatic rings. The van der Waals surface area contributed by atoms with Gasteiger partial charge in [-0.15, -0.1) is 0 Å². The van der Waals surface area contributed by atoms with Crippen LogP contribution < -0.4 is 10.6 Å². The second-order valence-electron chi connectivity index (χ2n) is 4.33. The molecule has 19 heavy (non-hydrogen) atoms. The molecule has 0 atom stereocenters. The van der Waals surface area contributed by atoms with E-state index in [4.69, 9.17) is 0 Å². The van der Waals surface area contributed by atoms with E-state index in [1.165, 1.54) is 18.2 Å². The molecule has 2 rings (SSSR count). The Morgan fingerprint density at radius 2 is 2.00 bits per heavy atom. The summed E-state index contributed by atoms with van der Waals surface area (Å²) >= 11 is 0. The van der Waals surface area contributed by atoms with Crippen molar-refractivity contribution in [2.75, 3.05) is 10.6 Å². The number of anilines is 2. The van der Waals surface area contributed by atoms with Gasteiger partial charge in [0, 0.05) is 18.8 Å². The third-order valence-corrected chi connectivity index (χ3v) is 2.68. The van der Waals surface area contributed by atoms with Crippen LogP contribution in [0.2, 0.25) is 0 Å². The normalized spacial score (nSPS) is 10.3. The molecule has 2 aromatic rings. The van der Waals surface area contributed by atoms with Gasteiger partial charge in [0.05, 0.1) is 5.69 Å². The maximum atomic E-state index is 12.9. The fraction of sp³-hybridized carbons (Fsp3) is 0.231. The standard InChI is InChI=1S/C13H15FN4O/c1-8-6-10(14)4-5-11(8)15-13(19)16-12-7-9(2)17-18(12)3/h4-7H,1-3H3,(H2,15,16,19). The third kappa shape index (κ3) is 3.09. The number of hydrogen-bond donors (Lipinski definition) is 2. The summed E-state index contributed by atoms with van der Waals surface area (Å²) in [5.41, 5.74) is 2.05. The Bertz CT molecular complexity index is 621. The van der Waals surface area contributed by atoms with E-state index in [9.17, 15) is 9.18 Å². The van der Waals surface area contributed by atoms with Gasteiger partial charge in [0.1, 0.15) is 11.6 Å². The summed E-state index contributed by atoms with van der Waals surface area (Å²) in [6, 6.07) is 5.56. The molecule has 5 nitrogen and oxygen atoms in total. The van der Waals surface area contributed by atoms with Crippen LogP contribution in [0.4, 0.5) is 20.7 Å². The molecule has 0 aliphatic heterocycles. The van der Waals surface area contributed by atoms with E-state index in [1.807, 2.05) is 6.92 Å². The van der Waals surface area contributed by atoms with E-state index >= 15 is 0 Å². The lowest BCUT2D eigenvalue weighted by Crippen LogP contribution is -2.21. The highest BCUT2D eigenvalue weighted by molar-refractivity contribution is 5.99. The van der Waals surface area contributed by atoms with Crippen molar-refractivity contribution in [3.05, 3.63) is 41.3 Å². The summed E-state index contributed by atoms with van der Waals surface area (Å²) in [5, 5.41) is 9.47. The summed E-state index contributed by atoms with van der Waals surface area (Å²) in [7, 11) is 1.74. The number of hydrogen-bond acceptors (Lipinski definition) is 2. The van der Waals surface area contributed by atoms with Gasteiger partial charge in [-0.2, -0.15) is 5.10 Å². The summed E-state index contributed by atoms with van der Waals surface area (Å²) in [4.78, 5) is 11.8. The van der Waals surface area contributed by atoms with Crippen molar-refractivity contribution >= 4 is 17.5 Å². The molecule has 0 fully saturated rings. The number of benzene rings is 1. The van der Waals surface area contributed by atoms with Crippen molar-refractivity contribution in [1.82, 2.24) is 9.78 Å². The van der Waals surface area contributed by atoms with E-state index in [0.717, 1.165) is 5.69 Å². The smallest absolute Gasteiger partial charge is 0.307 e. The number of aromatic nitrogens is 2. The number of aryl methyl sites for hydroxylation is 3. The fourth-order valence-electron chi connectivity index (χ4n) is 1.76. The maximum Gasteiger partial charge on any atom is 0.324 e. The van der Waals surface area contributed by atoms with Gasteiger partial charge in [0.15, 0.2) is 0 Å². The molecule has 100 valence electrons. The van der Waals surface area contributed by atoms with Crippen molar-refractivity contribution < 1.29 is 9.18 Å². The molecule has 0 bridgehead atoms. The van der Waals surface area contributed by atoms with Gasteiger partial charge < -0.3 is 5.32 Å². The van der Waals surface area contributed by atoms with E-state index in [-0.39, 0.29) is 5.82 Å². The Morgan fingerprint density at radius 1 is 1.26 bits per heavy atom. The van der Waals surface area contributed by atoms with E-state index < -0.39 is 6.03 Å². The molecule has 0 aliphatic carbocycles. The molecular weight excluding hydrogens is 247 g/mol. The number of halogens is 1. The predicted molar refractivity (Wildman–Crippen MR) is 71.7 cm³/mol. The predicted octanol–water partition coefficient (Wildman–Crippen LogP) is 2.82. The Morgan fingerprint density at radius 3 is 2.58 bits per heavy atom. The SMILES string of the molecule is Cc1cc(NC(=O)Nc2ccc(F)cc2C)n(C)n1. The van der Waals surface area contributed by atoms with Crippen molar-refractivity contribution in [3.8, 4) is 0 Å². The number of nitrogens with one attached hydrogen (secondary N) is 2. The number of rotatable bonds is 2. The summed E-state index contributed by atoms with van der Waals surface area (Å²) < 4.78 is 14.5. The lowest BCUT2D eigenvalue weighted by molar-refractivity contribution is 0.262. The largest absolute Gasteiger partial charge is 0.324 e. The van der Waals surface area contributed by atoms with E-state index in [0.29, 0.717) is 17.1 Å². The van der Waals surface area contributed by atoms with Gasteiger partial charge in [0.25, 0.3) is 0 Å². The Balaban J connectivity index is 2.07. The van der Waals surface area contributed by atoms with Gasteiger partial charge in [-0.3, -0.25) is 10.00 Å². The first-order valence-corrected chi connectivity index (χ1v) is 5.80. The Kier molecular flexibility index (Phi) is 3.50. The first-order valence-electron chi connectivity index (χ1n) is 5.80. The van der Waals surface area contributed by atoms with Crippen LogP contribution in [0.3, 0.4) is 0 Å². The molecule has 1 heterocycles. The highest BCUT2D eigenvalue weighted by atomic mass is 19.1. The lowest BCUT2D eigenvalue weighted by atomic mass is 10.2. The number of nitrogens with zero attached hydrogens (tertiary/aromatic N) is 2. The molecule has 1 aromatic carbocycles. The van der Waals surface area contributed by atoms with Gasteiger partial charge >= 0.3 is 6.03 Å². The summed E-state index contributed by atoms with van der Waals surface area (Å²) in [6.45, 7) is 3.57. The summed E-state index contributed by atoms with van der Waals surface area (Å²) in [5.74, 6) is 0.264. The molecular formula is C13H15FN4O. The van der Waals surface area contributed by atoms with Gasteiger partial charge in [-0.1, -0.05) is 0 Å². The molecule has 0 saturated heterocycles. The second-order valence-corrected chi connectivity index (χ2v) is 4.33. The van der Waals surface area contributed by atoms with Crippen LogP contribution >= 0.6 is 0 Å². The van der Waals surface area contributed by atoms with Crippen LogP contribution in [-0.4, -0.2) is 15.8 Å². The Labute approximate surface area is 110 Å². The first-order chi connectivity index (χ1) is 8.95. The minimum Gasteiger partial charge on any atom is -0.307 e. The van der Waals surface area contributed by atoms with Gasteiger partial charge in [0.2, 0.25) is 0 Å². The van der Waals surface area contributed by atoms with E-state index in [1.54, 1.807) is 24.7 Å². The lowest BCUT2D eigenvalue weighted by Gasteiger charge is -2.09. The minimum atomic E-state index is -0.391. The number of amides is 2. The maximum absolute atomic E-state index is 12.9. The number of carbonyl (C=O) groups excluding carboxylic acids is 1. The van der Waals surface area contributed by atoms with Crippen LogP contribution in [0.15, 0.2) is 24.3 Å². The molecule has 0 unspecified atom stereocenters. The highest BCUT2D eigenvalue weighted by Crippen LogP contribution is 2.16. The average molecular weight is 262 g/mol. The van der Waals surface area contributed by atoms with Crippen LogP contribution in [0.1, 0.15) is 11.3 Å². The van der Waals surface area contributed by atoms with Crippen molar-refractivity contribution in [3.63, 3.8) is 0 Å². The molecule has 2 amide bonds. The highest BCUT2D eigenvalue weighted by Gasteiger charge is 2.08. The monoisotopic (exact) mass is 262 g/mol. The zero-order valence-electron chi connectivity index (χ0n) is 11.0. The quantitative estimate of drug-likeness (QED) is 0.874. The van der Waals surface area contributed by atoms with Gasteiger partial charge in [-0.05, 0) is 37.6 Å². The zero-order valence-corrected chi connectivity index (χ0v) is 11.0. The topological polar surface area (TPSA) is 59.0 Å². The molecule has 6 heteroatoms. The average Bonchev–Trinajstić information content (AvgIpc) is 2.61. The Hall–Kier alpha value is -2.37. The van der Waals surface area contributed by atoms with Crippen molar-refractivity contribution in [2.45, 2.75) is 13.8 Å². The molecule has 0 spiro atoms. The third-order valence-electron chi connectivity index (χ3n) is 2.68. The van der Waals surface area contributed by atoms with Crippen LogP contribution in [0.25, 0.3) is 0 Å². The molecule has 0 radical (unpaired) electrons. The van der Waals surface area contributed by atoms with Crippen LogP contribution in [0.5, 0.6) is 0 Å². The van der Waals surface area contributed by atoms with Gasteiger partial charge in [-0.25, -0.2) is 9.18 Å². The van der Waals surface area contributed by atoms with Crippen molar-refractivity contribution in [2.24, 2.45) is 7.05 Å². The summed E-state index contributed by atoms with van der Waals surface area (Å²) in [6.07, 6.45) is 0. The molecule has 2 N–H and O–H groups in total. The van der Waals surface area contributed by atoms with Crippen LogP contribution in [0, 0.1) is 19.7 Å². The minimum absolute atomic E-state index is 0.328. The first kappa shape index (κ1) is 13.1.